The van der Waals surface area contributed by atoms with Crippen LogP contribution in [0.1, 0.15) is 43.7 Å². The largest absolute Gasteiger partial charge is 0.0654 e. The van der Waals surface area contributed by atoms with Crippen molar-refractivity contribution in [2.45, 2.75) is 39.5 Å². The summed E-state index contributed by atoms with van der Waals surface area (Å²) < 4.78 is 0. The van der Waals surface area contributed by atoms with Gasteiger partial charge in [0.1, 0.15) is 0 Å². The van der Waals surface area contributed by atoms with Crippen LogP contribution in [0.4, 0.5) is 0 Å². The molecule has 1 atom stereocenters. The predicted molar refractivity (Wildman–Crippen MR) is 79.9 cm³/mol. The summed E-state index contributed by atoms with van der Waals surface area (Å²) in [4.78, 5) is 0. The topological polar surface area (TPSA) is 0 Å². The highest BCUT2D eigenvalue weighted by Crippen LogP contribution is 2.25. The lowest BCUT2D eigenvalue weighted by Crippen LogP contribution is -1.92. The molecule has 18 heavy (non-hydrogen) atoms. The molecule has 0 spiro atoms. The molecule has 0 aliphatic rings. The second-order valence-corrected chi connectivity index (χ2v) is 5.18. The zero-order valence-electron chi connectivity index (χ0n) is 11.6. The number of hydrogen-bond acceptors (Lipinski definition) is 0. The highest BCUT2D eigenvalue weighted by atomic mass is 14.1. The quantitative estimate of drug-likeness (QED) is 0.653. The van der Waals surface area contributed by atoms with E-state index >= 15 is 0 Å². The molecule has 2 aromatic carbocycles. The van der Waals surface area contributed by atoms with Crippen molar-refractivity contribution in [1.82, 2.24) is 0 Å². The number of rotatable bonds is 4. The van der Waals surface area contributed by atoms with Crippen molar-refractivity contribution in [3.05, 3.63) is 59.7 Å². The summed E-state index contributed by atoms with van der Waals surface area (Å²) in [5, 5.41) is 0. The van der Waals surface area contributed by atoms with Crippen LogP contribution in [0.25, 0.3) is 11.1 Å². The Labute approximate surface area is 111 Å². The maximum Gasteiger partial charge on any atom is -0.0184 e. The summed E-state index contributed by atoms with van der Waals surface area (Å²) in [6.45, 7) is 6.68. The van der Waals surface area contributed by atoms with Crippen LogP contribution in [0.5, 0.6) is 0 Å². The molecule has 0 radical (unpaired) electrons. The third kappa shape index (κ3) is 3.01. The van der Waals surface area contributed by atoms with E-state index in [9.17, 15) is 0 Å². The van der Waals surface area contributed by atoms with Gasteiger partial charge in [-0.05, 0) is 36.0 Å². The summed E-state index contributed by atoms with van der Waals surface area (Å²) in [5.74, 6) is 0.669. The predicted octanol–water partition coefficient (Wildman–Crippen LogP) is 5.57. The van der Waals surface area contributed by atoms with E-state index in [0.29, 0.717) is 5.92 Å². The first-order chi connectivity index (χ1) is 8.70. The summed E-state index contributed by atoms with van der Waals surface area (Å²) in [6.07, 6.45) is 2.52. The number of benzene rings is 2. The average molecular weight is 238 g/mol. The molecule has 0 unspecified atom stereocenters. The number of hydrogen-bond donors (Lipinski definition) is 0. The molecule has 0 N–H and O–H groups in total. The third-order valence-electron chi connectivity index (χ3n) is 3.59. The molecule has 2 rings (SSSR count). The van der Waals surface area contributed by atoms with E-state index in [1.807, 2.05) is 0 Å². The molecule has 0 fully saturated rings. The molecule has 0 amide bonds. The molecule has 0 bridgehead atoms. The van der Waals surface area contributed by atoms with E-state index in [2.05, 4.69) is 69.3 Å². The van der Waals surface area contributed by atoms with Crippen molar-refractivity contribution in [2.75, 3.05) is 0 Å². The molecule has 2 aromatic rings. The minimum absolute atomic E-state index is 0.669. The lowest BCUT2D eigenvalue weighted by Gasteiger charge is -2.11. The van der Waals surface area contributed by atoms with Gasteiger partial charge in [-0.25, -0.2) is 0 Å². The van der Waals surface area contributed by atoms with Gasteiger partial charge in [0.25, 0.3) is 0 Å². The molecule has 0 nitrogen and oxygen atoms in total. The molecule has 0 aliphatic carbocycles. The second kappa shape index (κ2) is 5.86. The van der Waals surface area contributed by atoms with Gasteiger partial charge in [-0.2, -0.15) is 0 Å². The van der Waals surface area contributed by atoms with Crippen LogP contribution < -0.4 is 0 Å². The highest BCUT2D eigenvalue weighted by Gasteiger charge is 2.04. The molecular formula is C18H22. The molecule has 0 saturated carbocycles. The molecule has 0 saturated heterocycles. The Bertz CT molecular complexity index is 476. The Kier molecular flexibility index (Phi) is 4.19. The van der Waals surface area contributed by atoms with Gasteiger partial charge in [-0.15, -0.1) is 0 Å². The fourth-order valence-electron chi connectivity index (χ4n) is 2.35. The minimum atomic E-state index is 0.669. The van der Waals surface area contributed by atoms with Crippen LogP contribution in [-0.2, 0) is 0 Å². The maximum atomic E-state index is 2.31. The molecule has 0 aliphatic heterocycles. The molecule has 94 valence electrons. The van der Waals surface area contributed by atoms with E-state index in [-0.39, 0.29) is 0 Å². The van der Waals surface area contributed by atoms with Crippen LogP contribution in [0.2, 0.25) is 0 Å². The zero-order valence-corrected chi connectivity index (χ0v) is 11.6. The van der Waals surface area contributed by atoms with E-state index in [0.717, 1.165) is 0 Å². The van der Waals surface area contributed by atoms with Gasteiger partial charge in [0.05, 0.1) is 0 Å². The molecule has 0 heteroatoms. The number of aryl methyl sites for hydroxylation is 1. The summed E-state index contributed by atoms with van der Waals surface area (Å²) in [7, 11) is 0. The first-order valence-electron chi connectivity index (χ1n) is 6.87. The van der Waals surface area contributed by atoms with E-state index < -0.39 is 0 Å². The third-order valence-corrected chi connectivity index (χ3v) is 3.59. The van der Waals surface area contributed by atoms with Crippen LogP contribution in [0.3, 0.4) is 0 Å². The van der Waals surface area contributed by atoms with Crippen molar-refractivity contribution in [3.8, 4) is 11.1 Å². The molecular weight excluding hydrogens is 216 g/mol. The Morgan fingerprint density at radius 3 is 1.83 bits per heavy atom. The summed E-state index contributed by atoms with van der Waals surface area (Å²) in [6, 6.07) is 17.8. The first kappa shape index (κ1) is 12.9. The first-order valence-corrected chi connectivity index (χ1v) is 6.87. The molecule has 0 heterocycles. The minimum Gasteiger partial charge on any atom is -0.0654 e. The van der Waals surface area contributed by atoms with Crippen LogP contribution in [0.15, 0.2) is 48.5 Å². The Balaban J connectivity index is 2.19. The normalized spacial score (nSPS) is 12.4. The monoisotopic (exact) mass is 238 g/mol. The van der Waals surface area contributed by atoms with Gasteiger partial charge in [0.15, 0.2) is 0 Å². The SMILES string of the molecule is CCC[C@H](C)c1ccc(-c2ccc(C)cc2)cc1. The summed E-state index contributed by atoms with van der Waals surface area (Å²) in [5.41, 5.74) is 5.37. The van der Waals surface area contributed by atoms with Crippen molar-refractivity contribution >= 4 is 0 Å². The van der Waals surface area contributed by atoms with E-state index in [1.165, 1.54) is 35.1 Å². The average Bonchev–Trinajstić information content (AvgIpc) is 2.40. The van der Waals surface area contributed by atoms with Gasteiger partial charge < -0.3 is 0 Å². The Morgan fingerprint density at radius 1 is 0.833 bits per heavy atom. The van der Waals surface area contributed by atoms with Crippen molar-refractivity contribution in [2.24, 2.45) is 0 Å². The van der Waals surface area contributed by atoms with Crippen LogP contribution in [-0.4, -0.2) is 0 Å². The van der Waals surface area contributed by atoms with E-state index in [4.69, 9.17) is 0 Å². The Hall–Kier alpha value is -1.56. The highest BCUT2D eigenvalue weighted by molar-refractivity contribution is 5.64. The maximum absolute atomic E-state index is 2.31. The van der Waals surface area contributed by atoms with Crippen molar-refractivity contribution in [1.29, 1.82) is 0 Å². The van der Waals surface area contributed by atoms with E-state index in [1.54, 1.807) is 0 Å². The molecule has 0 aromatic heterocycles. The fourth-order valence-corrected chi connectivity index (χ4v) is 2.35. The van der Waals surface area contributed by atoms with Gasteiger partial charge in [-0.3, -0.25) is 0 Å². The van der Waals surface area contributed by atoms with Gasteiger partial charge >= 0.3 is 0 Å². The smallest absolute Gasteiger partial charge is 0.0184 e. The lowest BCUT2D eigenvalue weighted by molar-refractivity contribution is 0.665. The lowest BCUT2D eigenvalue weighted by atomic mass is 9.94. The van der Waals surface area contributed by atoms with Gasteiger partial charge in [0.2, 0.25) is 0 Å². The summed E-state index contributed by atoms with van der Waals surface area (Å²) >= 11 is 0. The van der Waals surface area contributed by atoms with Crippen molar-refractivity contribution < 1.29 is 0 Å². The van der Waals surface area contributed by atoms with Crippen LogP contribution >= 0.6 is 0 Å². The van der Waals surface area contributed by atoms with Crippen LogP contribution in [0, 0.1) is 6.92 Å². The standard InChI is InChI=1S/C18H22/c1-4-5-15(3)16-10-12-18(13-11-16)17-8-6-14(2)7-9-17/h6-13,15H,4-5H2,1-3H3/t15-/m0/s1. The Morgan fingerprint density at radius 2 is 1.33 bits per heavy atom. The van der Waals surface area contributed by atoms with Crippen molar-refractivity contribution in [3.63, 3.8) is 0 Å². The zero-order chi connectivity index (χ0) is 13.0. The second-order valence-electron chi connectivity index (χ2n) is 5.18. The van der Waals surface area contributed by atoms with Gasteiger partial charge in [-0.1, -0.05) is 74.4 Å². The fraction of sp³-hybridized carbons (Fsp3) is 0.333. The van der Waals surface area contributed by atoms with Gasteiger partial charge in [0, 0.05) is 0 Å².